The molecule has 4 aromatic rings. The number of anilines is 1. The van der Waals surface area contributed by atoms with Crippen LogP contribution in [-0.2, 0) is 15.6 Å². The number of halogens is 2. The van der Waals surface area contributed by atoms with Crippen molar-refractivity contribution in [2.75, 3.05) is 18.4 Å². The molecule has 0 amide bonds. The van der Waals surface area contributed by atoms with Crippen molar-refractivity contribution in [2.45, 2.75) is 70.0 Å². The summed E-state index contributed by atoms with van der Waals surface area (Å²) in [6.07, 6.45) is 2.65. The van der Waals surface area contributed by atoms with E-state index in [0.29, 0.717) is 59.4 Å². The molecule has 3 N–H and O–H groups in total. The maximum absolute atomic E-state index is 15.4. The number of nitrogens with one attached hydrogen (secondary N) is 1. The summed E-state index contributed by atoms with van der Waals surface area (Å²) < 4.78 is 45.0. The van der Waals surface area contributed by atoms with Crippen LogP contribution in [0.5, 0.6) is 0 Å². The molecule has 1 fully saturated rings. The second-order valence-electron chi connectivity index (χ2n) is 11.5. The quantitative estimate of drug-likeness (QED) is 0.282. The van der Waals surface area contributed by atoms with Gasteiger partial charge in [-0.3, -0.25) is 0 Å². The lowest BCUT2D eigenvalue weighted by Crippen LogP contribution is -2.42. The Balaban J connectivity index is 1.38. The number of nitrogens with two attached hydrogens (primary N) is 1. The summed E-state index contributed by atoms with van der Waals surface area (Å²) in [4.78, 5) is 13.8. The number of aryl methyl sites for hydroxylation is 1. The molecule has 0 radical (unpaired) electrons. The minimum atomic E-state index is -3.56. The van der Waals surface area contributed by atoms with Crippen molar-refractivity contribution in [3.8, 4) is 11.3 Å². The first-order valence-corrected chi connectivity index (χ1v) is 15.4. The summed E-state index contributed by atoms with van der Waals surface area (Å²) in [5.74, 6) is 0.435. The highest BCUT2D eigenvalue weighted by atomic mass is 35.5. The highest BCUT2D eigenvalue weighted by molar-refractivity contribution is 7.89. The van der Waals surface area contributed by atoms with Gasteiger partial charge in [0, 0.05) is 30.7 Å². The van der Waals surface area contributed by atoms with E-state index in [-0.39, 0.29) is 22.6 Å². The van der Waals surface area contributed by atoms with Crippen LogP contribution in [0.3, 0.4) is 0 Å². The SMILES string of the molecule is Cc1ccc(S(=O)(=O)N2CCC(Nc3ncc(Cl)c(-c4cc(F)c5nc(C(C)(C)N)n(C(C)C)c5c4)n3)CC2)cc1. The van der Waals surface area contributed by atoms with Crippen molar-refractivity contribution >= 4 is 38.6 Å². The highest BCUT2D eigenvalue weighted by Crippen LogP contribution is 2.34. The maximum Gasteiger partial charge on any atom is 0.243 e. The maximum atomic E-state index is 15.4. The topological polar surface area (TPSA) is 119 Å². The number of aromatic nitrogens is 4. The zero-order chi connectivity index (χ0) is 29.7. The number of imidazole rings is 1. The Morgan fingerprint density at radius 3 is 2.39 bits per heavy atom. The summed E-state index contributed by atoms with van der Waals surface area (Å²) in [6, 6.07) is 10.0. The van der Waals surface area contributed by atoms with Gasteiger partial charge in [-0.1, -0.05) is 29.3 Å². The van der Waals surface area contributed by atoms with Gasteiger partial charge in [0.05, 0.1) is 32.9 Å². The standard InChI is InChI=1S/C29H35ClFN7O2S/c1-17(2)38-24-15-19(14-23(31)26(24)35-27(38)29(4,5)32)25-22(30)16-33-28(36-25)34-20-10-12-37(13-11-20)41(39,40)21-8-6-18(3)7-9-21/h6-9,14-17,20H,10-13,32H2,1-5H3,(H,33,34,36). The molecule has 2 aromatic carbocycles. The Labute approximate surface area is 245 Å². The smallest absolute Gasteiger partial charge is 0.243 e. The number of benzene rings is 2. The van der Waals surface area contributed by atoms with E-state index in [9.17, 15) is 8.42 Å². The Morgan fingerprint density at radius 1 is 1.12 bits per heavy atom. The van der Waals surface area contributed by atoms with Gasteiger partial charge >= 0.3 is 0 Å². The second-order valence-corrected chi connectivity index (χ2v) is 13.8. The Kier molecular flexibility index (Phi) is 7.84. The number of nitrogens with zero attached hydrogens (tertiary/aromatic N) is 5. The molecule has 0 unspecified atom stereocenters. The first-order valence-electron chi connectivity index (χ1n) is 13.6. The van der Waals surface area contributed by atoms with Gasteiger partial charge in [0.2, 0.25) is 16.0 Å². The van der Waals surface area contributed by atoms with E-state index in [1.54, 1.807) is 24.3 Å². The van der Waals surface area contributed by atoms with Crippen molar-refractivity contribution in [1.29, 1.82) is 0 Å². The first-order chi connectivity index (χ1) is 19.3. The zero-order valence-electron chi connectivity index (χ0n) is 23.8. The monoisotopic (exact) mass is 599 g/mol. The van der Waals surface area contributed by atoms with Crippen molar-refractivity contribution in [1.82, 2.24) is 23.8 Å². The molecule has 0 aliphatic carbocycles. The minimum absolute atomic E-state index is 0.00809. The van der Waals surface area contributed by atoms with Crippen LogP contribution in [0.1, 0.15) is 58.0 Å². The second kappa shape index (κ2) is 10.9. The molecule has 9 nitrogen and oxygen atoms in total. The van der Waals surface area contributed by atoms with E-state index in [0.717, 1.165) is 5.56 Å². The average Bonchev–Trinajstić information content (AvgIpc) is 3.32. The number of hydrogen-bond donors (Lipinski definition) is 2. The molecule has 1 aliphatic rings. The Hall–Kier alpha value is -3.12. The third-order valence-electron chi connectivity index (χ3n) is 7.30. The average molecular weight is 600 g/mol. The summed E-state index contributed by atoms with van der Waals surface area (Å²) in [7, 11) is -3.56. The number of piperidine rings is 1. The fraction of sp³-hybridized carbons (Fsp3) is 0.414. The highest BCUT2D eigenvalue weighted by Gasteiger charge is 2.30. The first kappa shape index (κ1) is 29.4. The molecule has 1 saturated heterocycles. The van der Waals surface area contributed by atoms with E-state index >= 15 is 4.39 Å². The van der Waals surface area contributed by atoms with E-state index in [2.05, 4.69) is 20.3 Å². The van der Waals surface area contributed by atoms with Gasteiger partial charge in [-0.25, -0.2) is 27.8 Å². The van der Waals surface area contributed by atoms with Gasteiger partial charge < -0.3 is 15.6 Å². The van der Waals surface area contributed by atoms with E-state index < -0.39 is 21.4 Å². The van der Waals surface area contributed by atoms with Crippen LogP contribution in [0, 0.1) is 12.7 Å². The molecule has 0 atom stereocenters. The van der Waals surface area contributed by atoms with Crippen molar-refractivity contribution < 1.29 is 12.8 Å². The van der Waals surface area contributed by atoms with Crippen molar-refractivity contribution in [2.24, 2.45) is 5.73 Å². The molecule has 0 spiro atoms. The van der Waals surface area contributed by atoms with Crippen molar-refractivity contribution in [3.63, 3.8) is 0 Å². The minimum Gasteiger partial charge on any atom is -0.351 e. The van der Waals surface area contributed by atoms with Crippen LogP contribution in [-0.4, -0.2) is 51.4 Å². The molecule has 1 aliphatic heterocycles. The predicted octanol–water partition coefficient (Wildman–Crippen LogP) is 5.63. The molecule has 12 heteroatoms. The molecule has 3 heterocycles. The van der Waals surface area contributed by atoms with E-state index in [1.165, 1.54) is 16.6 Å². The van der Waals surface area contributed by atoms with Gasteiger partial charge in [0.1, 0.15) is 11.3 Å². The molecule has 2 aromatic heterocycles. The Morgan fingerprint density at radius 2 is 1.78 bits per heavy atom. The zero-order valence-corrected chi connectivity index (χ0v) is 25.4. The summed E-state index contributed by atoms with van der Waals surface area (Å²) in [5, 5.41) is 3.59. The van der Waals surface area contributed by atoms with Crippen LogP contribution in [0.25, 0.3) is 22.3 Å². The van der Waals surface area contributed by atoms with Gasteiger partial charge in [0.25, 0.3) is 0 Å². The summed E-state index contributed by atoms with van der Waals surface area (Å²) in [5.41, 5.74) is 8.33. The molecule has 41 heavy (non-hydrogen) atoms. The van der Waals surface area contributed by atoms with Gasteiger partial charge in [-0.05, 0) is 71.7 Å². The number of sulfonamides is 1. The van der Waals surface area contributed by atoms with E-state index in [4.69, 9.17) is 17.3 Å². The van der Waals surface area contributed by atoms with Crippen LogP contribution in [0.4, 0.5) is 10.3 Å². The fourth-order valence-corrected chi connectivity index (χ4v) is 6.86. The fourth-order valence-electron chi connectivity index (χ4n) is 5.19. The van der Waals surface area contributed by atoms with Crippen LogP contribution < -0.4 is 11.1 Å². The summed E-state index contributed by atoms with van der Waals surface area (Å²) in [6.45, 7) is 10.3. The Bertz CT molecular complexity index is 1690. The molecule has 0 bridgehead atoms. The van der Waals surface area contributed by atoms with Crippen molar-refractivity contribution in [3.05, 3.63) is 64.8 Å². The molecular formula is C29H35ClFN7O2S. The number of fused-ring (bicyclic) bond motifs is 1. The van der Waals surface area contributed by atoms with Crippen LogP contribution in [0.2, 0.25) is 5.02 Å². The molecule has 5 rings (SSSR count). The lowest BCUT2D eigenvalue weighted by atomic mass is 10.1. The van der Waals surface area contributed by atoms with E-state index in [1.807, 2.05) is 45.3 Å². The lowest BCUT2D eigenvalue weighted by molar-refractivity contribution is 0.329. The van der Waals surface area contributed by atoms with Crippen LogP contribution >= 0.6 is 11.6 Å². The molecule has 218 valence electrons. The van der Waals surface area contributed by atoms with Gasteiger partial charge in [-0.2, -0.15) is 4.31 Å². The number of hydrogen-bond acceptors (Lipinski definition) is 7. The largest absolute Gasteiger partial charge is 0.351 e. The van der Waals surface area contributed by atoms with Gasteiger partial charge in [0.15, 0.2) is 5.82 Å². The third-order valence-corrected chi connectivity index (χ3v) is 9.49. The van der Waals surface area contributed by atoms with Crippen LogP contribution in [0.15, 0.2) is 47.5 Å². The normalized spacial score (nSPS) is 15.6. The lowest BCUT2D eigenvalue weighted by Gasteiger charge is -2.31. The molecular weight excluding hydrogens is 565 g/mol. The third kappa shape index (κ3) is 5.81. The summed E-state index contributed by atoms with van der Waals surface area (Å²) >= 11 is 6.50. The number of rotatable bonds is 7. The molecule has 0 saturated carbocycles. The van der Waals surface area contributed by atoms with Gasteiger partial charge in [-0.15, -0.1) is 0 Å². The predicted molar refractivity (Wildman–Crippen MR) is 160 cm³/mol.